The zero-order valence-electron chi connectivity index (χ0n) is 12.6. The summed E-state index contributed by atoms with van der Waals surface area (Å²) in [7, 11) is 1.62. The lowest BCUT2D eigenvalue weighted by Crippen LogP contribution is -2.12. The Hall–Kier alpha value is -2.99. The van der Waals surface area contributed by atoms with Crippen LogP contribution in [0.3, 0.4) is 0 Å². The number of aromatic amines is 1. The summed E-state index contributed by atoms with van der Waals surface area (Å²) >= 11 is 0. The zero-order valence-corrected chi connectivity index (χ0v) is 12.6. The monoisotopic (exact) mass is 308 g/mol. The Bertz CT molecular complexity index is 799. The largest absolute Gasteiger partial charge is 0.380 e. The second-order valence-electron chi connectivity index (χ2n) is 4.99. The van der Waals surface area contributed by atoms with Gasteiger partial charge in [0.25, 0.3) is 5.91 Å². The summed E-state index contributed by atoms with van der Waals surface area (Å²) in [6.07, 6.45) is 3.41. The van der Waals surface area contributed by atoms with Gasteiger partial charge in [-0.3, -0.25) is 14.9 Å². The van der Waals surface area contributed by atoms with Crippen molar-refractivity contribution in [3.63, 3.8) is 0 Å². The molecular formula is C17H16N4O2. The number of nitrogens with zero attached hydrogens (tertiary/aromatic N) is 2. The molecule has 0 saturated heterocycles. The van der Waals surface area contributed by atoms with Crippen LogP contribution in [0.25, 0.3) is 11.3 Å². The second-order valence-corrected chi connectivity index (χ2v) is 4.99. The molecule has 23 heavy (non-hydrogen) atoms. The van der Waals surface area contributed by atoms with Gasteiger partial charge in [0.2, 0.25) is 0 Å². The van der Waals surface area contributed by atoms with E-state index in [-0.39, 0.29) is 5.91 Å². The fourth-order valence-corrected chi connectivity index (χ4v) is 2.22. The number of nitrogens with one attached hydrogen (secondary N) is 2. The second kappa shape index (κ2) is 6.85. The van der Waals surface area contributed by atoms with Gasteiger partial charge in [0.15, 0.2) is 5.82 Å². The number of anilines is 1. The summed E-state index contributed by atoms with van der Waals surface area (Å²) in [6, 6.07) is 12.8. The lowest BCUT2D eigenvalue weighted by atomic mass is 10.1. The zero-order chi connectivity index (χ0) is 16.1. The molecule has 0 bridgehead atoms. The standard InChI is InChI=1S/C17H16N4O2/c1-23-11-12-3-2-4-14(9-12)17(22)19-16-10-15(20-21-16)13-5-7-18-8-6-13/h2-10H,11H2,1H3,(H2,19,20,21,22). The van der Waals surface area contributed by atoms with E-state index in [0.717, 1.165) is 16.8 Å². The number of carbonyl (C=O) groups excluding carboxylic acids is 1. The average Bonchev–Trinajstić information content (AvgIpc) is 3.05. The number of amides is 1. The summed E-state index contributed by atoms with van der Waals surface area (Å²) in [4.78, 5) is 16.3. The Balaban J connectivity index is 1.73. The third kappa shape index (κ3) is 3.61. The number of hydrogen-bond acceptors (Lipinski definition) is 4. The highest BCUT2D eigenvalue weighted by atomic mass is 16.5. The predicted molar refractivity (Wildman–Crippen MR) is 86.9 cm³/mol. The minimum atomic E-state index is -0.212. The van der Waals surface area contributed by atoms with E-state index < -0.39 is 0 Å². The van der Waals surface area contributed by atoms with Crippen LogP contribution in [0.2, 0.25) is 0 Å². The van der Waals surface area contributed by atoms with E-state index >= 15 is 0 Å². The maximum absolute atomic E-state index is 12.3. The number of ether oxygens (including phenoxy) is 1. The molecule has 2 heterocycles. The van der Waals surface area contributed by atoms with Gasteiger partial charge in [-0.1, -0.05) is 12.1 Å². The number of H-pyrrole nitrogens is 1. The molecule has 0 fully saturated rings. The predicted octanol–water partition coefficient (Wildman–Crippen LogP) is 2.87. The minimum absolute atomic E-state index is 0.212. The van der Waals surface area contributed by atoms with Crippen LogP contribution < -0.4 is 5.32 Å². The number of carbonyl (C=O) groups is 1. The number of methoxy groups -OCH3 is 1. The van der Waals surface area contributed by atoms with Crippen molar-refractivity contribution in [2.75, 3.05) is 12.4 Å². The van der Waals surface area contributed by atoms with Crippen molar-refractivity contribution < 1.29 is 9.53 Å². The lowest BCUT2D eigenvalue weighted by Gasteiger charge is -2.04. The summed E-state index contributed by atoms with van der Waals surface area (Å²) in [5.41, 5.74) is 3.28. The van der Waals surface area contributed by atoms with Crippen molar-refractivity contribution >= 4 is 11.7 Å². The maximum atomic E-state index is 12.3. The normalized spacial score (nSPS) is 10.5. The maximum Gasteiger partial charge on any atom is 0.256 e. The van der Waals surface area contributed by atoms with Crippen molar-refractivity contribution in [2.24, 2.45) is 0 Å². The van der Waals surface area contributed by atoms with Crippen molar-refractivity contribution in [3.05, 3.63) is 66.0 Å². The van der Waals surface area contributed by atoms with E-state index in [0.29, 0.717) is 18.0 Å². The van der Waals surface area contributed by atoms with Gasteiger partial charge in [-0.25, -0.2) is 0 Å². The molecule has 1 amide bonds. The summed E-state index contributed by atoms with van der Waals surface area (Å²) in [5, 5.41) is 9.79. The first-order valence-corrected chi connectivity index (χ1v) is 7.11. The number of benzene rings is 1. The van der Waals surface area contributed by atoms with Crippen LogP contribution in [0.1, 0.15) is 15.9 Å². The molecule has 0 aliphatic heterocycles. The molecule has 3 rings (SSSR count). The third-order valence-corrected chi connectivity index (χ3v) is 3.31. The van der Waals surface area contributed by atoms with Crippen molar-refractivity contribution in [1.29, 1.82) is 0 Å². The van der Waals surface area contributed by atoms with Crippen LogP contribution in [-0.4, -0.2) is 28.2 Å². The van der Waals surface area contributed by atoms with Gasteiger partial charge in [-0.15, -0.1) is 0 Å². The molecule has 0 aliphatic carbocycles. The fraction of sp³-hybridized carbons (Fsp3) is 0.118. The van der Waals surface area contributed by atoms with E-state index in [1.165, 1.54) is 0 Å². The Morgan fingerprint density at radius 1 is 1.22 bits per heavy atom. The molecule has 0 unspecified atom stereocenters. The highest BCUT2D eigenvalue weighted by Gasteiger charge is 2.10. The Morgan fingerprint density at radius 3 is 2.83 bits per heavy atom. The molecule has 6 heteroatoms. The first-order chi connectivity index (χ1) is 11.3. The first-order valence-electron chi connectivity index (χ1n) is 7.11. The SMILES string of the molecule is COCc1cccc(C(=O)Nc2cc(-c3ccncc3)[nH]n2)c1. The van der Waals surface area contributed by atoms with Gasteiger partial charge in [-0.05, 0) is 29.8 Å². The van der Waals surface area contributed by atoms with Gasteiger partial charge >= 0.3 is 0 Å². The smallest absolute Gasteiger partial charge is 0.256 e. The molecule has 6 nitrogen and oxygen atoms in total. The van der Waals surface area contributed by atoms with Crippen LogP contribution >= 0.6 is 0 Å². The van der Waals surface area contributed by atoms with Crippen molar-refractivity contribution in [2.45, 2.75) is 6.61 Å². The van der Waals surface area contributed by atoms with Crippen LogP contribution in [0, 0.1) is 0 Å². The minimum Gasteiger partial charge on any atom is -0.380 e. The lowest BCUT2D eigenvalue weighted by molar-refractivity contribution is 0.102. The van der Waals surface area contributed by atoms with Crippen LogP contribution in [0.5, 0.6) is 0 Å². The van der Waals surface area contributed by atoms with Crippen LogP contribution in [0.15, 0.2) is 54.9 Å². The Morgan fingerprint density at radius 2 is 2.04 bits per heavy atom. The molecule has 0 atom stereocenters. The molecule has 3 aromatic rings. The molecule has 1 aromatic carbocycles. The highest BCUT2D eigenvalue weighted by molar-refractivity contribution is 6.04. The molecule has 2 N–H and O–H groups in total. The third-order valence-electron chi connectivity index (χ3n) is 3.31. The van der Waals surface area contributed by atoms with Gasteiger partial charge in [0, 0.05) is 36.7 Å². The van der Waals surface area contributed by atoms with E-state index in [4.69, 9.17) is 4.74 Å². The average molecular weight is 308 g/mol. The highest BCUT2D eigenvalue weighted by Crippen LogP contribution is 2.19. The molecule has 0 spiro atoms. The Kier molecular flexibility index (Phi) is 4.44. The number of aromatic nitrogens is 3. The van der Waals surface area contributed by atoms with E-state index in [1.54, 1.807) is 37.7 Å². The molecule has 2 aromatic heterocycles. The van der Waals surface area contributed by atoms with Crippen LogP contribution in [0.4, 0.5) is 5.82 Å². The van der Waals surface area contributed by atoms with Gasteiger partial charge in [0.05, 0.1) is 12.3 Å². The topological polar surface area (TPSA) is 79.9 Å². The van der Waals surface area contributed by atoms with Gasteiger partial charge in [0.1, 0.15) is 0 Å². The quantitative estimate of drug-likeness (QED) is 0.759. The van der Waals surface area contributed by atoms with Gasteiger partial charge < -0.3 is 10.1 Å². The number of pyridine rings is 1. The van der Waals surface area contributed by atoms with Crippen molar-refractivity contribution in [3.8, 4) is 11.3 Å². The number of rotatable bonds is 5. The molecule has 116 valence electrons. The molecule has 0 aliphatic rings. The van der Waals surface area contributed by atoms with Crippen LogP contribution in [-0.2, 0) is 11.3 Å². The summed E-state index contributed by atoms with van der Waals surface area (Å²) in [5.74, 6) is 0.259. The van der Waals surface area contributed by atoms with Crippen molar-refractivity contribution in [1.82, 2.24) is 15.2 Å². The Labute approximate surface area is 133 Å². The fourth-order valence-electron chi connectivity index (χ4n) is 2.22. The molecule has 0 saturated carbocycles. The van der Waals surface area contributed by atoms with E-state index in [9.17, 15) is 4.79 Å². The summed E-state index contributed by atoms with van der Waals surface area (Å²) < 4.78 is 5.08. The van der Waals surface area contributed by atoms with E-state index in [1.807, 2.05) is 24.3 Å². The molecular weight excluding hydrogens is 292 g/mol. The summed E-state index contributed by atoms with van der Waals surface area (Å²) in [6.45, 7) is 0.468. The molecule has 0 radical (unpaired) electrons. The first kappa shape index (κ1) is 14.9. The number of hydrogen-bond donors (Lipinski definition) is 2. The van der Waals surface area contributed by atoms with Gasteiger partial charge in [-0.2, -0.15) is 5.10 Å². The van der Waals surface area contributed by atoms with E-state index in [2.05, 4.69) is 20.5 Å².